The molecule has 0 radical (unpaired) electrons. The predicted octanol–water partition coefficient (Wildman–Crippen LogP) is 1.24. The van der Waals surface area contributed by atoms with Gasteiger partial charge in [-0.2, -0.15) is 0 Å². The van der Waals surface area contributed by atoms with Gasteiger partial charge in [0, 0.05) is 12.3 Å². The van der Waals surface area contributed by atoms with Crippen LogP contribution in [0.15, 0.2) is 0 Å². The van der Waals surface area contributed by atoms with Gasteiger partial charge in [0.25, 0.3) is 0 Å². The number of hydrogen-bond donors (Lipinski definition) is 2. The fraction of sp³-hybridized carbons (Fsp3) is 0.929. The van der Waals surface area contributed by atoms with Crippen molar-refractivity contribution in [3.8, 4) is 0 Å². The molecule has 2 N–H and O–H groups in total. The highest BCUT2D eigenvalue weighted by atomic mass is 16.5. The Morgan fingerprint density at radius 2 is 2.00 bits per heavy atom. The summed E-state index contributed by atoms with van der Waals surface area (Å²) in [6.45, 7) is 2.46. The SMILES string of the molecule is C[C@@]12CCC[C@@]3(C(=O)OCC[C@H]3O)[C@@H]1[C@@H](O)CC2. The van der Waals surface area contributed by atoms with E-state index in [-0.39, 0.29) is 17.3 Å². The van der Waals surface area contributed by atoms with Crippen LogP contribution in [0.4, 0.5) is 0 Å². The summed E-state index contributed by atoms with van der Waals surface area (Å²) in [5.74, 6) is -0.417. The van der Waals surface area contributed by atoms with E-state index in [0.29, 0.717) is 19.4 Å². The number of fused-ring (bicyclic) bond motifs is 2. The second kappa shape index (κ2) is 3.94. The zero-order chi connectivity index (χ0) is 13.0. The maximum atomic E-state index is 12.3. The number of esters is 1. The van der Waals surface area contributed by atoms with E-state index in [1.54, 1.807) is 0 Å². The zero-order valence-electron chi connectivity index (χ0n) is 10.9. The third kappa shape index (κ3) is 1.42. The van der Waals surface area contributed by atoms with Gasteiger partial charge in [-0.15, -0.1) is 0 Å². The molecule has 0 unspecified atom stereocenters. The standard InChI is InChI=1S/C14H22O4/c1-13-5-2-6-14(11(13)9(15)3-7-13)10(16)4-8-18-12(14)17/h9-11,15-16H,2-8H2,1H3/t9-,10+,11+,13-,14-/m0/s1. The van der Waals surface area contributed by atoms with Gasteiger partial charge in [0.1, 0.15) is 0 Å². The van der Waals surface area contributed by atoms with Crippen molar-refractivity contribution < 1.29 is 19.7 Å². The summed E-state index contributed by atoms with van der Waals surface area (Å²) in [6.07, 6.45) is 3.69. The van der Waals surface area contributed by atoms with E-state index in [1.807, 2.05) is 0 Å². The maximum Gasteiger partial charge on any atom is 0.315 e. The lowest BCUT2D eigenvalue weighted by Gasteiger charge is -2.53. The average molecular weight is 254 g/mol. The number of aliphatic hydroxyl groups is 2. The molecule has 1 saturated heterocycles. The van der Waals surface area contributed by atoms with Gasteiger partial charge in [-0.25, -0.2) is 0 Å². The second-order valence-electron chi connectivity index (χ2n) is 6.57. The Morgan fingerprint density at radius 1 is 1.22 bits per heavy atom. The minimum absolute atomic E-state index is 0.0188. The van der Waals surface area contributed by atoms with Crippen molar-refractivity contribution in [2.75, 3.05) is 6.61 Å². The molecule has 3 aliphatic rings. The monoisotopic (exact) mass is 254 g/mol. The smallest absolute Gasteiger partial charge is 0.315 e. The van der Waals surface area contributed by atoms with Gasteiger partial charge in [0.2, 0.25) is 0 Å². The minimum Gasteiger partial charge on any atom is -0.465 e. The van der Waals surface area contributed by atoms with Crippen LogP contribution in [0.2, 0.25) is 0 Å². The van der Waals surface area contributed by atoms with Crippen molar-refractivity contribution in [3.63, 3.8) is 0 Å². The minimum atomic E-state index is -0.846. The van der Waals surface area contributed by atoms with E-state index < -0.39 is 17.6 Å². The van der Waals surface area contributed by atoms with Gasteiger partial charge in [0.05, 0.1) is 24.2 Å². The summed E-state index contributed by atoms with van der Waals surface area (Å²) in [5.41, 5.74) is -0.865. The van der Waals surface area contributed by atoms with Crippen LogP contribution < -0.4 is 0 Å². The van der Waals surface area contributed by atoms with Crippen molar-refractivity contribution >= 4 is 5.97 Å². The Kier molecular flexibility index (Phi) is 2.72. The Labute approximate surface area is 107 Å². The Morgan fingerprint density at radius 3 is 2.72 bits per heavy atom. The fourth-order valence-corrected chi connectivity index (χ4v) is 4.84. The highest BCUT2D eigenvalue weighted by Gasteiger charge is 2.65. The molecule has 0 bridgehead atoms. The Balaban J connectivity index is 2.05. The van der Waals surface area contributed by atoms with Gasteiger partial charge in [-0.3, -0.25) is 4.79 Å². The van der Waals surface area contributed by atoms with E-state index in [1.165, 1.54) is 0 Å². The van der Waals surface area contributed by atoms with Crippen LogP contribution in [-0.2, 0) is 9.53 Å². The van der Waals surface area contributed by atoms with Crippen LogP contribution in [0.3, 0.4) is 0 Å². The number of carbonyl (C=O) groups excluding carboxylic acids is 1. The summed E-state index contributed by atoms with van der Waals surface area (Å²) >= 11 is 0. The molecule has 0 aromatic heterocycles. The molecule has 4 heteroatoms. The molecule has 0 aromatic carbocycles. The molecule has 3 fully saturated rings. The molecular weight excluding hydrogens is 232 g/mol. The molecule has 5 atom stereocenters. The fourth-order valence-electron chi connectivity index (χ4n) is 4.84. The summed E-state index contributed by atoms with van der Waals surface area (Å²) in [7, 11) is 0. The van der Waals surface area contributed by atoms with Gasteiger partial charge in [0.15, 0.2) is 0 Å². The second-order valence-corrected chi connectivity index (χ2v) is 6.57. The number of carbonyl (C=O) groups is 1. The average Bonchev–Trinajstić information content (AvgIpc) is 2.63. The molecule has 0 amide bonds. The molecule has 2 saturated carbocycles. The number of ether oxygens (including phenoxy) is 1. The van der Waals surface area contributed by atoms with Crippen molar-refractivity contribution in [3.05, 3.63) is 0 Å². The molecule has 1 heterocycles. The highest BCUT2D eigenvalue weighted by molar-refractivity contribution is 5.79. The van der Waals surface area contributed by atoms with Gasteiger partial charge in [-0.1, -0.05) is 13.3 Å². The lowest BCUT2D eigenvalue weighted by atomic mass is 9.53. The first-order valence-corrected chi connectivity index (χ1v) is 7.04. The molecular formula is C14H22O4. The first kappa shape index (κ1) is 12.4. The van der Waals surface area contributed by atoms with Crippen LogP contribution >= 0.6 is 0 Å². The van der Waals surface area contributed by atoms with E-state index in [4.69, 9.17) is 4.74 Å². The predicted molar refractivity (Wildman–Crippen MR) is 64.7 cm³/mol. The third-order valence-electron chi connectivity index (χ3n) is 5.64. The van der Waals surface area contributed by atoms with Crippen molar-refractivity contribution in [2.45, 2.75) is 57.7 Å². The molecule has 3 rings (SSSR count). The molecule has 1 spiro atoms. The van der Waals surface area contributed by atoms with Crippen molar-refractivity contribution in [1.29, 1.82) is 0 Å². The number of aliphatic hydroxyl groups excluding tert-OH is 2. The van der Waals surface area contributed by atoms with Crippen LogP contribution in [0, 0.1) is 16.7 Å². The summed E-state index contributed by atoms with van der Waals surface area (Å²) in [5, 5.41) is 20.7. The normalized spacial score (nSPS) is 52.2. The molecule has 102 valence electrons. The molecule has 18 heavy (non-hydrogen) atoms. The van der Waals surface area contributed by atoms with Gasteiger partial charge < -0.3 is 14.9 Å². The topological polar surface area (TPSA) is 66.8 Å². The van der Waals surface area contributed by atoms with Gasteiger partial charge in [-0.05, 0) is 31.1 Å². The Bertz CT molecular complexity index is 365. The lowest BCUT2D eigenvalue weighted by Crippen LogP contribution is -2.59. The first-order valence-electron chi connectivity index (χ1n) is 7.04. The number of cyclic esters (lactones) is 1. The van der Waals surface area contributed by atoms with Crippen LogP contribution in [0.25, 0.3) is 0 Å². The van der Waals surface area contributed by atoms with Crippen molar-refractivity contribution in [1.82, 2.24) is 0 Å². The quantitative estimate of drug-likeness (QED) is 0.638. The van der Waals surface area contributed by atoms with Crippen LogP contribution in [0.5, 0.6) is 0 Å². The lowest BCUT2D eigenvalue weighted by molar-refractivity contribution is -0.202. The maximum absolute atomic E-state index is 12.3. The number of hydrogen-bond acceptors (Lipinski definition) is 4. The van der Waals surface area contributed by atoms with E-state index >= 15 is 0 Å². The third-order valence-corrected chi connectivity index (χ3v) is 5.64. The van der Waals surface area contributed by atoms with Crippen LogP contribution in [-0.4, -0.2) is 35.0 Å². The van der Waals surface area contributed by atoms with E-state index in [2.05, 4.69) is 6.92 Å². The summed E-state index contributed by atoms with van der Waals surface area (Å²) in [6, 6.07) is 0. The largest absolute Gasteiger partial charge is 0.465 e. The van der Waals surface area contributed by atoms with Crippen molar-refractivity contribution in [2.24, 2.45) is 16.7 Å². The highest BCUT2D eigenvalue weighted by Crippen LogP contribution is 2.62. The molecule has 4 nitrogen and oxygen atoms in total. The molecule has 1 aliphatic heterocycles. The number of rotatable bonds is 0. The van der Waals surface area contributed by atoms with E-state index in [0.717, 1.165) is 25.7 Å². The first-order chi connectivity index (χ1) is 8.51. The molecule has 2 aliphatic carbocycles. The van der Waals surface area contributed by atoms with Gasteiger partial charge >= 0.3 is 5.97 Å². The molecule has 0 aromatic rings. The zero-order valence-corrected chi connectivity index (χ0v) is 10.9. The Hall–Kier alpha value is -0.610. The summed E-state index contributed by atoms with van der Waals surface area (Å²) in [4.78, 5) is 12.3. The summed E-state index contributed by atoms with van der Waals surface area (Å²) < 4.78 is 5.23. The van der Waals surface area contributed by atoms with Crippen LogP contribution in [0.1, 0.15) is 45.4 Å². The van der Waals surface area contributed by atoms with E-state index in [9.17, 15) is 15.0 Å².